The van der Waals surface area contributed by atoms with Crippen LogP contribution in [0.15, 0.2) is 66.9 Å². The Kier molecular flexibility index (Phi) is 4.52. The fourth-order valence-electron chi connectivity index (χ4n) is 3.82. The highest BCUT2D eigenvalue weighted by Crippen LogP contribution is 2.39. The van der Waals surface area contributed by atoms with Gasteiger partial charge in [0.15, 0.2) is 11.5 Å². The van der Waals surface area contributed by atoms with Gasteiger partial charge in [-0.05, 0) is 48.7 Å². The zero-order chi connectivity index (χ0) is 19.6. The van der Waals surface area contributed by atoms with Gasteiger partial charge in [-0.1, -0.05) is 24.3 Å². The largest absolute Gasteiger partial charge is 0.454 e. The zero-order valence-corrected chi connectivity index (χ0v) is 15.8. The van der Waals surface area contributed by atoms with E-state index in [2.05, 4.69) is 4.98 Å². The maximum atomic E-state index is 13.1. The van der Waals surface area contributed by atoms with Crippen LogP contribution in [0.25, 0.3) is 0 Å². The lowest BCUT2D eigenvalue weighted by molar-refractivity contribution is 0.0735. The highest BCUT2D eigenvalue weighted by atomic mass is 16.7. The number of rotatable bonds is 4. The second-order valence-corrected chi connectivity index (χ2v) is 7.07. The summed E-state index contributed by atoms with van der Waals surface area (Å²) in [5.74, 6) is 2.64. The SMILES string of the molecule is O=C(c1ccc(Oc2ccccc2)nc1)N1CCCC1c1ccc2c(c1)OCO2. The van der Waals surface area contributed by atoms with E-state index in [1.165, 1.54) is 0 Å². The van der Waals surface area contributed by atoms with E-state index in [9.17, 15) is 4.79 Å². The maximum Gasteiger partial charge on any atom is 0.255 e. The summed E-state index contributed by atoms with van der Waals surface area (Å²) < 4.78 is 16.6. The summed E-state index contributed by atoms with van der Waals surface area (Å²) in [6.07, 6.45) is 3.47. The highest BCUT2D eigenvalue weighted by molar-refractivity contribution is 5.94. The predicted octanol–water partition coefficient (Wildman–Crippen LogP) is 4.58. The molecule has 1 atom stereocenters. The van der Waals surface area contributed by atoms with Crippen LogP contribution in [0.4, 0.5) is 0 Å². The summed E-state index contributed by atoms with van der Waals surface area (Å²) in [4.78, 5) is 19.3. The second kappa shape index (κ2) is 7.47. The number of likely N-dealkylation sites (tertiary alicyclic amines) is 1. The van der Waals surface area contributed by atoms with E-state index in [1.54, 1.807) is 18.3 Å². The molecule has 146 valence electrons. The second-order valence-electron chi connectivity index (χ2n) is 7.07. The maximum absolute atomic E-state index is 13.1. The molecule has 1 saturated heterocycles. The first kappa shape index (κ1) is 17.6. The smallest absolute Gasteiger partial charge is 0.255 e. The summed E-state index contributed by atoms with van der Waals surface area (Å²) in [5, 5.41) is 0. The molecule has 1 unspecified atom stereocenters. The number of carbonyl (C=O) groups is 1. The molecule has 0 N–H and O–H groups in total. The number of para-hydroxylation sites is 1. The fraction of sp³-hybridized carbons (Fsp3) is 0.217. The monoisotopic (exact) mass is 388 g/mol. The van der Waals surface area contributed by atoms with E-state index >= 15 is 0 Å². The van der Waals surface area contributed by atoms with Crippen molar-refractivity contribution in [1.29, 1.82) is 0 Å². The van der Waals surface area contributed by atoms with Crippen molar-refractivity contribution in [2.45, 2.75) is 18.9 Å². The Balaban J connectivity index is 1.33. The van der Waals surface area contributed by atoms with Crippen molar-refractivity contribution in [3.63, 3.8) is 0 Å². The first-order valence-electron chi connectivity index (χ1n) is 9.67. The zero-order valence-electron chi connectivity index (χ0n) is 15.8. The van der Waals surface area contributed by atoms with Crippen LogP contribution in [-0.4, -0.2) is 29.1 Å². The molecule has 2 aliphatic heterocycles. The summed E-state index contributed by atoms with van der Waals surface area (Å²) in [5.41, 5.74) is 1.62. The molecule has 1 aromatic heterocycles. The molecular formula is C23H20N2O4. The van der Waals surface area contributed by atoms with Crippen molar-refractivity contribution >= 4 is 5.91 Å². The molecule has 29 heavy (non-hydrogen) atoms. The van der Waals surface area contributed by atoms with Gasteiger partial charge in [0.25, 0.3) is 5.91 Å². The lowest BCUT2D eigenvalue weighted by Crippen LogP contribution is -2.30. The molecule has 0 saturated carbocycles. The quantitative estimate of drug-likeness (QED) is 0.655. The Labute approximate surface area is 168 Å². The third kappa shape index (κ3) is 3.49. The molecule has 6 nitrogen and oxygen atoms in total. The van der Waals surface area contributed by atoms with Crippen molar-refractivity contribution in [2.75, 3.05) is 13.3 Å². The van der Waals surface area contributed by atoms with Crippen molar-refractivity contribution in [3.05, 3.63) is 78.0 Å². The van der Waals surface area contributed by atoms with E-state index in [-0.39, 0.29) is 18.7 Å². The number of nitrogens with zero attached hydrogens (tertiary/aromatic N) is 2. The van der Waals surface area contributed by atoms with Gasteiger partial charge in [-0.3, -0.25) is 4.79 Å². The number of fused-ring (bicyclic) bond motifs is 1. The molecule has 1 fully saturated rings. The Bertz CT molecular complexity index is 1020. The lowest BCUT2D eigenvalue weighted by Gasteiger charge is -2.25. The minimum Gasteiger partial charge on any atom is -0.454 e. The topological polar surface area (TPSA) is 60.9 Å². The van der Waals surface area contributed by atoms with Crippen LogP contribution in [0, 0.1) is 0 Å². The predicted molar refractivity (Wildman–Crippen MR) is 106 cm³/mol. The number of benzene rings is 2. The van der Waals surface area contributed by atoms with Crippen LogP contribution in [-0.2, 0) is 0 Å². The number of carbonyl (C=O) groups excluding carboxylic acids is 1. The average Bonchev–Trinajstić information content (AvgIpc) is 3.43. The van der Waals surface area contributed by atoms with Crippen LogP contribution in [0.2, 0.25) is 0 Å². The molecule has 1 amide bonds. The molecule has 2 aliphatic rings. The van der Waals surface area contributed by atoms with Gasteiger partial charge in [0.2, 0.25) is 12.7 Å². The average molecular weight is 388 g/mol. The Hall–Kier alpha value is -3.54. The van der Waals surface area contributed by atoms with Gasteiger partial charge >= 0.3 is 0 Å². The number of pyridine rings is 1. The Morgan fingerprint density at radius 3 is 2.72 bits per heavy atom. The Morgan fingerprint density at radius 2 is 1.90 bits per heavy atom. The standard InChI is InChI=1S/C23H20N2O4/c26-23(17-9-11-22(24-14-17)29-18-5-2-1-3-6-18)25-12-4-7-19(25)16-8-10-20-21(13-16)28-15-27-20/h1-3,5-6,8-11,13-14,19H,4,7,12,15H2. The first-order chi connectivity index (χ1) is 14.3. The van der Waals surface area contributed by atoms with E-state index in [0.29, 0.717) is 17.2 Å². The summed E-state index contributed by atoms with van der Waals surface area (Å²) >= 11 is 0. The van der Waals surface area contributed by atoms with E-state index in [1.807, 2.05) is 53.4 Å². The lowest BCUT2D eigenvalue weighted by atomic mass is 10.0. The van der Waals surface area contributed by atoms with Crippen molar-refractivity contribution in [2.24, 2.45) is 0 Å². The third-order valence-electron chi connectivity index (χ3n) is 5.24. The van der Waals surface area contributed by atoms with E-state index in [0.717, 1.165) is 36.4 Å². The molecule has 5 rings (SSSR count). The van der Waals surface area contributed by atoms with Crippen molar-refractivity contribution in [3.8, 4) is 23.1 Å². The highest BCUT2D eigenvalue weighted by Gasteiger charge is 2.31. The van der Waals surface area contributed by atoms with Crippen LogP contribution < -0.4 is 14.2 Å². The van der Waals surface area contributed by atoms with E-state index < -0.39 is 0 Å². The van der Waals surface area contributed by atoms with Gasteiger partial charge in [0.1, 0.15) is 5.75 Å². The van der Waals surface area contributed by atoms with Crippen LogP contribution >= 0.6 is 0 Å². The van der Waals surface area contributed by atoms with Gasteiger partial charge < -0.3 is 19.1 Å². The molecule has 6 heteroatoms. The molecule has 2 aromatic carbocycles. The van der Waals surface area contributed by atoms with Gasteiger partial charge in [-0.25, -0.2) is 4.98 Å². The minimum absolute atomic E-state index is 0.0241. The van der Waals surface area contributed by atoms with Crippen LogP contribution in [0.5, 0.6) is 23.1 Å². The normalized spacial score (nSPS) is 17.4. The summed E-state index contributed by atoms with van der Waals surface area (Å²) in [6, 6.07) is 18.9. The summed E-state index contributed by atoms with van der Waals surface area (Å²) in [6.45, 7) is 0.968. The fourth-order valence-corrected chi connectivity index (χ4v) is 3.82. The number of hydrogen-bond donors (Lipinski definition) is 0. The molecule has 3 aromatic rings. The van der Waals surface area contributed by atoms with Crippen LogP contribution in [0.3, 0.4) is 0 Å². The van der Waals surface area contributed by atoms with Crippen molar-refractivity contribution < 1.29 is 19.0 Å². The molecule has 0 aliphatic carbocycles. The molecular weight excluding hydrogens is 368 g/mol. The van der Waals surface area contributed by atoms with Gasteiger partial charge in [0, 0.05) is 18.8 Å². The number of amides is 1. The van der Waals surface area contributed by atoms with Gasteiger partial charge in [0.05, 0.1) is 11.6 Å². The molecule has 3 heterocycles. The number of hydrogen-bond acceptors (Lipinski definition) is 5. The van der Waals surface area contributed by atoms with Gasteiger partial charge in [-0.2, -0.15) is 0 Å². The molecule has 0 bridgehead atoms. The van der Waals surface area contributed by atoms with Crippen LogP contribution in [0.1, 0.15) is 34.8 Å². The number of ether oxygens (including phenoxy) is 3. The summed E-state index contributed by atoms with van der Waals surface area (Å²) in [7, 11) is 0. The minimum atomic E-state index is -0.0241. The van der Waals surface area contributed by atoms with Gasteiger partial charge in [-0.15, -0.1) is 0 Å². The number of aromatic nitrogens is 1. The third-order valence-corrected chi connectivity index (χ3v) is 5.24. The molecule has 0 radical (unpaired) electrons. The Morgan fingerprint density at radius 1 is 1.03 bits per heavy atom. The van der Waals surface area contributed by atoms with Crippen molar-refractivity contribution in [1.82, 2.24) is 9.88 Å². The van der Waals surface area contributed by atoms with E-state index in [4.69, 9.17) is 14.2 Å². The first-order valence-corrected chi connectivity index (χ1v) is 9.67. The molecule has 0 spiro atoms.